The molecule has 0 saturated carbocycles. The van der Waals surface area contributed by atoms with Gasteiger partial charge in [-0.15, -0.1) is 54.7 Å². The van der Waals surface area contributed by atoms with E-state index in [1.807, 2.05) is 12.1 Å². The Morgan fingerprint density at radius 1 is 0.356 bits per heavy atom. The summed E-state index contributed by atoms with van der Waals surface area (Å²) in [6.07, 6.45) is 27.5. The van der Waals surface area contributed by atoms with E-state index in [9.17, 15) is 54.0 Å². The summed E-state index contributed by atoms with van der Waals surface area (Å²) in [5.41, 5.74) is 9.23. The van der Waals surface area contributed by atoms with Crippen LogP contribution in [0.25, 0.3) is 0 Å². The molecule has 11 N–H and O–H groups in total. The molecule has 0 aliphatic carbocycles. The highest BCUT2D eigenvalue weighted by Gasteiger charge is 2.33. The Bertz CT molecular complexity index is 3350. The topological polar surface area (TPSA) is 355 Å². The largest absolute Gasteiger partial charge is 0.504 e. The van der Waals surface area contributed by atoms with Gasteiger partial charge in [-0.2, -0.15) is 12.5 Å². The van der Waals surface area contributed by atoms with E-state index in [4.69, 9.17) is 30.6 Å². The number of hydrogen-bond donors (Lipinski definition) is 11. The summed E-state index contributed by atoms with van der Waals surface area (Å²) in [4.78, 5) is 104. The van der Waals surface area contributed by atoms with Gasteiger partial charge in [0.15, 0.2) is 46.0 Å². The number of thiol groups is 1. The van der Waals surface area contributed by atoms with E-state index >= 15 is 0 Å². The van der Waals surface area contributed by atoms with E-state index in [1.165, 1.54) is 141 Å². The molecule has 7 amide bonds. The smallest absolute Gasteiger partial charge is 0.432 e. The number of hydroxylamine groups is 2. The number of nitrogens with two attached hydrogens (primary N) is 1. The lowest BCUT2D eigenvalue weighted by molar-refractivity contribution is -0.171. The third kappa shape index (κ3) is 42.3. The monoisotopic (exact) mass is 1750 g/mol. The highest BCUT2D eigenvalue weighted by atomic mass is 35.5. The number of carbonyl (C=O) groups is 7. The number of nitrogens with one attached hydrogen (secondary N) is 5. The normalized spacial score (nSPS) is 16.7. The predicted octanol–water partition coefficient (Wildman–Crippen LogP) is 12.6. The SMILES string of the molecule is Cl.Cl.Cl.Cl.NCCN1CCCCC1.O=C(NCCN1CCCCC1)ON1C(=O)CCC1=O.O=C(NCCN1CCCCC1)Oc1ccc(CCCCc2ccc(OC(=O)NCCN3CCCCC3)c(OC(=O)NCCN3CCCCC3)c2)cc1OC(=O)NCCN1CCCCC1.Oc1ccc(CCCCc2ccc(O)c(O)c2)cc1O.[2H]SC. The number of rotatable bonds is 32. The lowest BCUT2D eigenvalue weighted by atomic mass is 10.0. The first-order chi connectivity index (χ1) is 55.9. The number of unbranched alkanes of at least 4 members (excludes halogenated alkanes) is 2. The molecule has 7 aliphatic heterocycles. The molecule has 34 heteroatoms. The number of benzene rings is 4. The van der Waals surface area contributed by atoms with Crippen LogP contribution in [0.4, 0.5) is 24.0 Å². The van der Waals surface area contributed by atoms with Crippen LogP contribution in [-0.4, -0.2) is 262 Å². The van der Waals surface area contributed by atoms with Crippen molar-refractivity contribution in [1.29, 1.82) is 1.12 Å². The molecule has 0 bridgehead atoms. The fraction of sp³-hybridized carbons (Fsp3) is 0.631. The van der Waals surface area contributed by atoms with E-state index < -0.39 is 42.3 Å². The second kappa shape index (κ2) is 62.0. The van der Waals surface area contributed by atoms with Crippen LogP contribution in [-0.2, 0) is 40.1 Å². The quantitative estimate of drug-likeness (QED) is 0.00936. The number of halogens is 4. The van der Waals surface area contributed by atoms with Crippen molar-refractivity contribution in [2.45, 2.75) is 180 Å². The van der Waals surface area contributed by atoms with Crippen molar-refractivity contribution in [3.63, 3.8) is 0 Å². The van der Waals surface area contributed by atoms with Crippen LogP contribution in [0.3, 0.4) is 0 Å². The minimum Gasteiger partial charge on any atom is -0.504 e. The molecule has 4 aromatic carbocycles. The number of nitrogens with zero attached hydrogens (tertiary/aromatic N) is 7. The minimum absolute atomic E-state index is 0. The average molecular weight is 1760 g/mol. The summed E-state index contributed by atoms with van der Waals surface area (Å²) in [6.45, 7) is 21.0. The summed E-state index contributed by atoms with van der Waals surface area (Å²) >= 11 is 1.000. The molecular formula is C84H135Cl4N13O16S. The molecule has 666 valence electrons. The van der Waals surface area contributed by atoms with Gasteiger partial charge in [0.25, 0.3) is 11.8 Å². The first-order valence-corrected chi connectivity index (χ1v) is 42.7. The lowest BCUT2D eigenvalue weighted by Gasteiger charge is -2.26. The Labute approximate surface area is 730 Å². The van der Waals surface area contributed by atoms with Crippen molar-refractivity contribution < 1.29 is 77.8 Å². The maximum Gasteiger partial charge on any atom is 0.432 e. The minimum atomic E-state index is -0.749. The first kappa shape index (κ1) is 103. The lowest BCUT2D eigenvalue weighted by Crippen LogP contribution is -2.41. The second-order valence-electron chi connectivity index (χ2n) is 30.0. The summed E-state index contributed by atoms with van der Waals surface area (Å²) in [6, 6.07) is 20.4. The van der Waals surface area contributed by atoms with E-state index in [0.717, 1.165) is 185 Å². The number of ether oxygens (including phenoxy) is 4. The van der Waals surface area contributed by atoms with Crippen LogP contribution < -0.4 is 51.3 Å². The zero-order chi connectivity index (χ0) is 82.0. The molecule has 118 heavy (non-hydrogen) atoms. The highest BCUT2D eigenvalue weighted by molar-refractivity contribution is 7.79. The number of phenols is 4. The molecule has 0 unspecified atom stereocenters. The van der Waals surface area contributed by atoms with Crippen LogP contribution in [0.1, 0.15) is 176 Å². The van der Waals surface area contributed by atoms with E-state index in [1.54, 1.807) is 54.8 Å². The van der Waals surface area contributed by atoms with Crippen LogP contribution in [0.15, 0.2) is 72.8 Å². The third-order valence-electron chi connectivity index (χ3n) is 21.1. The van der Waals surface area contributed by atoms with Gasteiger partial charge in [-0.3, -0.25) is 9.59 Å². The molecule has 7 fully saturated rings. The van der Waals surface area contributed by atoms with Crippen molar-refractivity contribution >= 4 is 104 Å². The summed E-state index contributed by atoms with van der Waals surface area (Å²) < 4.78 is 29.0. The highest BCUT2D eigenvalue weighted by Crippen LogP contribution is 2.33. The molecule has 7 aliphatic rings. The number of amides is 7. The summed E-state index contributed by atoms with van der Waals surface area (Å²) in [5, 5.41) is 51.7. The zero-order valence-corrected chi connectivity index (χ0v) is 73.2. The molecule has 0 aromatic heterocycles. The Hall–Kier alpha value is -7.20. The third-order valence-corrected chi connectivity index (χ3v) is 21.1. The fourth-order valence-corrected chi connectivity index (χ4v) is 14.7. The molecule has 4 aromatic rings. The number of hydrogen-bond acceptors (Lipinski definition) is 24. The van der Waals surface area contributed by atoms with Crippen molar-refractivity contribution in [3.8, 4) is 46.0 Å². The van der Waals surface area contributed by atoms with E-state index in [2.05, 4.69) is 56.0 Å². The van der Waals surface area contributed by atoms with Gasteiger partial charge in [-0.1, -0.05) is 62.8 Å². The van der Waals surface area contributed by atoms with Crippen LogP contribution >= 0.6 is 62.2 Å². The number of aryl methyl sites for hydroxylation is 4. The van der Waals surface area contributed by atoms with Crippen LogP contribution in [0, 0.1) is 0 Å². The van der Waals surface area contributed by atoms with Crippen LogP contribution in [0.5, 0.6) is 46.0 Å². The van der Waals surface area contributed by atoms with Gasteiger partial charge >= 0.3 is 30.5 Å². The summed E-state index contributed by atoms with van der Waals surface area (Å²) in [7, 11) is 0. The van der Waals surface area contributed by atoms with Crippen LogP contribution in [0.2, 0.25) is 0 Å². The maximum absolute atomic E-state index is 13.0. The number of piperidine rings is 6. The fourth-order valence-electron chi connectivity index (χ4n) is 14.7. The van der Waals surface area contributed by atoms with E-state index in [0.29, 0.717) is 50.6 Å². The Morgan fingerprint density at radius 2 is 0.593 bits per heavy atom. The first-order valence-electron chi connectivity index (χ1n) is 42.3. The number of likely N-dealkylation sites (tertiary alicyclic amines) is 6. The Balaban J connectivity index is 0.000000534. The molecule has 0 spiro atoms. The molecule has 0 radical (unpaired) electrons. The molecule has 7 heterocycles. The maximum atomic E-state index is 13.0. The number of aromatic hydroxyl groups is 4. The van der Waals surface area contributed by atoms with Gasteiger partial charge in [0.2, 0.25) is 0 Å². The molecule has 29 nitrogen and oxygen atoms in total. The van der Waals surface area contributed by atoms with Gasteiger partial charge in [0.05, 0.1) is 0 Å². The van der Waals surface area contributed by atoms with Gasteiger partial charge in [-0.25, -0.2) is 24.0 Å². The van der Waals surface area contributed by atoms with Crippen molar-refractivity contribution in [2.75, 3.05) is 163 Å². The van der Waals surface area contributed by atoms with Gasteiger partial charge in [0, 0.05) is 91.4 Å². The summed E-state index contributed by atoms with van der Waals surface area (Å²) in [5.74, 6) is -0.605. The Kier molecular flexibility index (Phi) is 54.2. The van der Waals surface area contributed by atoms with Crippen molar-refractivity contribution in [2.24, 2.45) is 5.73 Å². The standard InChI is InChI=1S/C48H74N8O8.C16H18O4.C12H19N3O4.C7H16N2.CH4S.4ClH/c57-45(49-21-33-53-25-7-1-8-26-53)61-41-19-17-39(37-43(41)63-47(59)51-23-35-55-29-11-3-12-30-55)15-5-6-16-40-18-20-42(62-46(58)50-22-34-54-27-9-2-10-28-54)44(38-40)64-48(60)52-24-36-56-31-13-4-14-32-56;17-13-7-5-11(9-15(13)19)3-1-2-4-12-6-8-14(18)16(20)10-12;16-10-4-5-11(17)15(10)19-12(18)13-6-9-14-7-2-1-3-8-14;8-4-7-9-5-2-1-3-6-9;1-2;;;;/h17-20,37-38H,1-16,21-36H2,(H,49,57)(H,50,58)(H,51,59)(H,52,60);5-10,17-20H,1-4H2;1-9H2,(H,13,18);1-8H2;2H,1H3;4*1H/i/hD. The van der Waals surface area contributed by atoms with Crippen molar-refractivity contribution in [3.05, 3.63) is 95.1 Å². The van der Waals surface area contributed by atoms with Gasteiger partial charge in [0.1, 0.15) is 1.12 Å². The number of carbonyl (C=O) groups excluding carboxylic acids is 7. The molecule has 7 saturated heterocycles. The second-order valence-corrected chi connectivity index (χ2v) is 30.0. The molecular weight excluding hydrogens is 1620 g/mol. The van der Waals surface area contributed by atoms with E-state index in [-0.39, 0.29) is 108 Å². The zero-order valence-electron chi connectivity index (χ0n) is 70.1. The molecule has 0 atom stereocenters. The average Bonchev–Trinajstić information content (AvgIpc) is 1.80. The van der Waals surface area contributed by atoms with Crippen molar-refractivity contribution in [1.82, 2.24) is 61.0 Å². The number of imide groups is 1. The Morgan fingerprint density at radius 3 is 0.856 bits per heavy atom. The number of phenolic OH excluding ortho intramolecular Hbond substituents is 4. The van der Waals surface area contributed by atoms with Gasteiger partial charge in [-0.05, 0) is 284 Å². The predicted molar refractivity (Wildman–Crippen MR) is 472 cm³/mol. The molecule has 11 rings (SSSR count). The van der Waals surface area contributed by atoms with Gasteiger partial charge < -0.3 is 106 Å².